The zero-order valence-electron chi connectivity index (χ0n) is 10.7. The van der Waals surface area contributed by atoms with Gasteiger partial charge in [-0.3, -0.25) is 9.69 Å². The standard InChI is InChI=1S/C14H18ClNO2/c1-9-5-12(15)4-3-11(9)7-16-6-10(2)13(8-16)14(17)18/h3-5,10,13H,6-8H2,1-2H3,(H,17,18). The number of hydrogen-bond acceptors (Lipinski definition) is 2. The summed E-state index contributed by atoms with van der Waals surface area (Å²) in [6.45, 7) is 6.33. The van der Waals surface area contributed by atoms with Crippen LogP contribution in [0.25, 0.3) is 0 Å². The van der Waals surface area contributed by atoms with Crippen LogP contribution in [-0.4, -0.2) is 29.1 Å². The zero-order valence-corrected chi connectivity index (χ0v) is 11.4. The molecule has 0 saturated carbocycles. The summed E-state index contributed by atoms with van der Waals surface area (Å²) in [5, 5.41) is 9.86. The van der Waals surface area contributed by atoms with Crippen LogP contribution < -0.4 is 0 Å². The Balaban J connectivity index is 2.05. The minimum Gasteiger partial charge on any atom is -0.481 e. The number of likely N-dealkylation sites (tertiary alicyclic amines) is 1. The molecular weight excluding hydrogens is 250 g/mol. The predicted octanol–water partition coefficient (Wildman–Crippen LogP) is 2.80. The van der Waals surface area contributed by atoms with Crippen molar-refractivity contribution >= 4 is 17.6 Å². The molecular formula is C14H18ClNO2. The molecule has 4 heteroatoms. The molecule has 1 saturated heterocycles. The van der Waals surface area contributed by atoms with Gasteiger partial charge in [0.1, 0.15) is 0 Å². The van der Waals surface area contributed by atoms with E-state index >= 15 is 0 Å². The highest BCUT2D eigenvalue weighted by Crippen LogP contribution is 2.26. The van der Waals surface area contributed by atoms with Crippen LogP contribution in [0.5, 0.6) is 0 Å². The summed E-state index contributed by atoms with van der Waals surface area (Å²) >= 11 is 5.93. The van der Waals surface area contributed by atoms with E-state index in [1.807, 2.05) is 32.0 Å². The molecule has 1 fully saturated rings. The summed E-state index contributed by atoms with van der Waals surface area (Å²) in [6, 6.07) is 5.86. The Morgan fingerprint density at radius 1 is 1.50 bits per heavy atom. The SMILES string of the molecule is Cc1cc(Cl)ccc1CN1CC(C)C(C(=O)O)C1. The third-order valence-corrected chi connectivity index (χ3v) is 3.94. The third-order valence-electron chi connectivity index (χ3n) is 3.70. The second-order valence-electron chi connectivity index (χ2n) is 5.19. The van der Waals surface area contributed by atoms with Crippen molar-refractivity contribution in [2.24, 2.45) is 11.8 Å². The maximum Gasteiger partial charge on any atom is 0.308 e. The van der Waals surface area contributed by atoms with E-state index < -0.39 is 5.97 Å². The van der Waals surface area contributed by atoms with Crippen molar-refractivity contribution in [2.45, 2.75) is 20.4 Å². The molecule has 2 unspecified atom stereocenters. The molecule has 1 aliphatic rings. The molecule has 0 spiro atoms. The Bertz CT molecular complexity index is 461. The van der Waals surface area contributed by atoms with Gasteiger partial charge >= 0.3 is 5.97 Å². The summed E-state index contributed by atoms with van der Waals surface area (Å²) in [5.74, 6) is -0.703. The van der Waals surface area contributed by atoms with Gasteiger partial charge in [0.2, 0.25) is 0 Å². The second kappa shape index (κ2) is 5.29. The predicted molar refractivity (Wildman–Crippen MR) is 71.8 cm³/mol. The molecule has 0 amide bonds. The number of halogens is 1. The Morgan fingerprint density at radius 3 is 2.78 bits per heavy atom. The Hall–Kier alpha value is -1.06. The lowest BCUT2D eigenvalue weighted by atomic mass is 9.99. The lowest BCUT2D eigenvalue weighted by Crippen LogP contribution is -2.23. The van der Waals surface area contributed by atoms with Gasteiger partial charge in [0.25, 0.3) is 0 Å². The van der Waals surface area contributed by atoms with Crippen molar-refractivity contribution in [3.63, 3.8) is 0 Å². The van der Waals surface area contributed by atoms with Crippen molar-refractivity contribution in [3.05, 3.63) is 34.3 Å². The van der Waals surface area contributed by atoms with Crippen molar-refractivity contribution in [1.29, 1.82) is 0 Å². The monoisotopic (exact) mass is 267 g/mol. The molecule has 0 aliphatic carbocycles. The molecule has 1 aromatic carbocycles. The van der Waals surface area contributed by atoms with Crippen LogP contribution in [0.3, 0.4) is 0 Å². The largest absolute Gasteiger partial charge is 0.481 e. The van der Waals surface area contributed by atoms with Crippen molar-refractivity contribution < 1.29 is 9.90 Å². The highest BCUT2D eigenvalue weighted by atomic mass is 35.5. The van der Waals surface area contributed by atoms with Crippen molar-refractivity contribution in [2.75, 3.05) is 13.1 Å². The van der Waals surface area contributed by atoms with Crippen LogP contribution in [0.2, 0.25) is 5.02 Å². The van der Waals surface area contributed by atoms with Crippen LogP contribution in [-0.2, 0) is 11.3 Å². The maximum absolute atomic E-state index is 11.1. The molecule has 0 aromatic heterocycles. The van der Waals surface area contributed by atoms with Gasteiger partial charge in [-0.2, -0.15) is 0 Å². The van der Waals surface area contributed by atoms with Gasteiger partial charge in [-0.1, -0.05) is 24.6 Å². The number of rotatable bonds is 3. The summed E-state index contributed by atoms with van der Waals surface area (Å²) in [6.07, 6.45) is 0. The quantitative estimate of drug-likeness (QED) is 0.916. The van der Waals surface area contributed by atoms with E-state index in [1.54, 1.807) is 0 Å². The Kier molecular flexibility index (Phi) is 3.93. The van der Waals surface area contributed by atoms with Gasteiger partial charge in [-0.05, 0) is 36.1 Å². The fraction of sp³-hybridized carbons (Fsp3) is 0.500. The molecule has 3 nitrogen and oxygen atoms in total. The molecule has 2 atom stereocenters. The number of aryl methyl sites for hydroxylation is 1. The highest BCUT2D eigenvalue weighted by molar-refractivity contribution is 6.30. The Morgan fingerprint density at radius 2 is 2.22 bits per heavy atom. The smallest absolute Gasteiger partial charge is 0.308 e. The van der Waals surface area contributed by atoms with Gasteiger partial charge in [-0.25, -0.2) is 0 Å². The molecule has 0 radical (unpaired) electrons. The van der Waals surface area contributed by atoms with Crippen molar-refractivity contribution in [1.82, 2.24) is 4.90 Å². The minimum absolute atomic E-state index is 0.218. The van der Waals surface area contributed by atoms with Gasteiger partial charge in [0, 0.05) is 24.7 Å². The molecule has 0 bridgehead atoms. The van der Waals surface area contributed by atoms with Crippen LogP contribution in [0, 0.1) is 18.8 Å². The number of hydrogen-bond donors (Lipinski definition) is 1. The lowest BCUT2D eigenvalue weighted by Gasteiger charge is -2.17. The molecule has 1 aromatic rings. The molecule has 2 rings (SSSR count). The van der Waals surface area contributed by atoms with Gasteiger partial charge in [-0.15, -0.1) is 0 Å². The summed E-state index contributed by atoms with van der Waals surface area (Å²) in [5.41, 5.74) is 2.38. The second-order valence-corrected chi connectivity index (χ2v) is 5.62. The van der Waals surface area contributed by atoms with E-state index in [0.29, 0.717) is 6.54 Å². The first-order valence-electron chi connectivity index (χ1n) is 6.17. The van der Waals surface area contributed by atoms with Crippen LogP contribution in [0.15, 0.2) is 18.2 Å². The number of carbonyl (C=O) groups is 1. The van der Waals surface area contributed by atoms with E-state index in [4.69, 9.17) is 16.7 Å². The first-order chi connectivity index (χ1) is 8.47. The summed E-state index contributed by atoms with van der Waals surface area (Å²) in [4.78, 5) is 13.3. The lowest BCUT2D eigenvalue weighted by molar-refractivity contribution is -0.142. The fourth-order valence-electron chi connectivity index (χ4n) is 2.60. The van der Waals surface area contributed by atoms with Crippen LogP contribution in [0.1, 0.15) is 18.1 Å². The van der Waals surface area contributed by atoms with E-state index in [0.717, 1.165) is 23.7 Å². The third kappa shape index (κ3) is 2.85. The minimum atomic E-state index is -0.683. The number of carboxylic acids is 1. The average Bonchev–Trinajstić information content (AvgIpc) is 2.64. The van der Waals surface area contributed by atoms with E-state index in [9.17, 15) is 4.79 Å². The zero-order chi connectivity index (χ0) is 13.3. The number of benzene rings is 1. The summed E-state index contributed by atoms with van der Waals surface area (Å²) in [7, 11) is 0. The molecule has 98 valence electrons. The maximum atomic E-state index is 11.1. The first kappa shape index (κ1) is 13.4. The number of aliphatic carboxylic acids is 1. The fourth-order valence-corrected chi connectivity index (χ4v) is 2.82. The molecule has 18 heavy (non-hydrogen) atoms. The first-order valence-corrected chi connectivity index (χ1v) is 6.55. The number of carboxylic acid groups (broad SMARTS) is 1. The topological polar surface area (TPSA) is 40.5 Å². The molecule has 1 N–H and O–H groups in total. The van der Waals surface area contributed by atoms with E-state index in [2.05, 4.69) is 4.90 Å². The van der Waals surface area contributed by atoms with Crippen LogP contribution in [0.4, 0.5) is 0 Å². The van der Waals surface area contributed by atoms with E-state index in [1.165, 1.54) is 5.56 Å². The number of nitrogens with zero attached hydrogens (tertiary/aromatic N) is 1. The summed E-state index contributed by atoms with van der Waals surface area (Å²) < 4.78 is 0. The van der Waals surface area contributed by atoms with Gasteiger partial charge in [0.15, 0.2) is 0 Å². The average molecular weight is 268 g/mol. The van der Waals surface area contributed by atoms with E-state index in [-0.39, 0.29) is 11.8 Å². The van der Waals surface area contributed by atoms with Gasteiger partial charge in [0.05, 0.1) is 5.92 Å². The van der Waals surface area contributed by atoms with Crippen molar-refractivity contribution in [3.8, 4) is 0 Å². The van der Waals surface area contributed by atoms with Crippen LogP contribution >= 0.6 is 11.6 Å². The highest BCUT2D eigenvalue weighted by Gasteiger charge is 2.34. The molecule has 1 aliphatic heterocycles. The normalized spacial score (nSPS) is 24.4. The Labute approximate surface area is 112 Å². The molecule has 1 heterocycles. The van der Waals surface area contributed by atoms with Gasteiger partial charge < -0.3 is 5.11 Å².